The van der Waals surface area contributed by atoms with Crippen LogP contribution in [0, 0.1) is 24.7 Å². The van der Waals surface area contributed by atoms with Crippen LogP contribution in [0.1, 0.15) is 38.9 Å². The summed E-state index contributed by atoms with van der Waals surface area (Å²) in [6, 6.07) is -0.597. The van der Waals surface area contributed by atoms with Crippen molar-refractivity contribution < 1.29 is 24.3 Å². The first-order chi connectivity index (χ1) is 18.1. The molecule has 0 aliphatic carbocycles. The Morgan fingerprint density at radius 2 is 2.08 bits per heavy atom. The maximum atomic E-state index is 13.2. The number of rotatable bonds is 9. The Morgan fingerprint density at radius 3 is 2.71 bits per heavy atom. The van der Waals surface area contributed by atoms with Crippen molar-refractivity contribution in [3.63, 3.8) is 0 Å². The van der Waals surface area contributed by atoms with Gasteiger partial charge in [0.05, 0.1) is 18.0 Å². The Hall–Kier alpha value is -2.84. The van der Waals surface area contributed by atoms with Gasteiger partial charge in [0.15, 0.2) is 5.78 Å². The predicted molar refractivity (Wildman–Crippen MR) is 136 cm³/mol. The number of fused-ring (bicyclic) bond motifs is 1. The van der Waals surface area contributed by atoms with Gasteiger partial charge in [-0.2, -0.15) is 0 Å². The van der Waals surface area contributed by atoms with E-state index in [4.69, 9.17) is 5.73 Å². The first-order valence-corrected chi connectivity index (χ1v) is 13.9. The molecule has 7 atom stereocenters. The number of Topliss-reactive ketones (excluding diaryl/α,β-unsaturated/α-hetero) is 1. The summed E-state index contributed by atoms with van der Waals surface area (Å²) in [7, 11) is 0. The Balaban J connectivity index is 1.23. The zero-order valence-electron chi connectivity index (χ0n) is 21.7. The standard InChI is InChI=1S/C24H34N8O5S/c1-11(6-15(33)10-31-13(3)27-28-29-31)18-19-12(2)21(20(24(36)37)32(19)23(18)35)38-16-7-17(26-8-16)22(34)30-5-4-14(25)9-30/h11-12,14,16-19,26H,4-10,25H2,1-3H3,(H,36,37)/t11-,12+,14+,16-,17-,18+,19+/m0/s1. The van der Waals surface area contributed by atoms with Crippen LogP contribution < -0.4 is 11.1 Å². The van der Waals surface area contributed by atoms with Crippen molar-refractivity contribution in [1.29, 1.82) is 0 Å². The minimum atomic E-state index is -1.13. The monoisotopic (exact) mass is 546 g/mol. The molecule has 5 rings (SSSR count). The van der Waals surface area contributed by atoms with Crippen molar-refractivity contribution in [2.75, 3.05) is 19.6 Å². The van der Waals surface area contributed by atoms with Gasteiger partial charge in [-0.25, -0.2) is 9.48 Å². The van der Waals surface area contributed by atoms with E-state index in [0.717, 1.165) is 6.42 Å². The van der Waals surface area contributed by atoms with Crippen LogP contribution in [0.25, 0.3) is 0 Å². The second kappa shape index (κ2) is 10.4. The number of carbonyl (C=O) groups is 4. The second-order valence-corrected chi connectivity index (χ2v) is 12.2. The van der Waals surface area contributed by atoms with E-state index >= 15 is 0 Å². The minimum Gasteiger partial charge on any atom is -0.477 e. The van der Waals surface area contributed by atoms with Gasteiger partial charge < -0.3 is 26.0 Å². The summed E-state index contributed by atoms with van der Waals surface area (Å²) in [4.78, 5) is 54.9. The van der Waals surface area contributed by atoms with Crippen molar-refractivity contribution in [1.82, 2.24) is 35.3 Å². The van der Waals surface area contributed by atoms with Gasteiger partial charge in [-0.05, 0) is 36.1 Å². The number of nitrogens with one attached hydrogen (secondary N) is 1. The Morgan fingerprint density at radius 1 is 1.32 bits per heavy atom. The van der Waals surface area contributed by atoms with E-state index in [9.17, 15) is 24.3 Å². The number of tetrazole rings is 1. The molecule has 1 aromatic rings. The second-order valence-electron chi connectivity index (χ2n) is 10.9. The van der Waals surface area contributed by atoms with E-state index in [1.807, 2.05) is 13.8 Å². The molecule has 38 heavy (non-hydrogen) atoms. The zero-order valence-corrected chi connectivity index (χ0v) is 22.6. The summed E-state index contributed by atoms with van der Waals surface area (Å²) in [5.41, 5.74) is 5.99. The van der Waals surface area contributed by atoms with Crippen LogP contribution in [0.5, 0.6) is 0 Å². The molecule has 13 nitrogen and oxygen atoms in total. The van der Waals surface area contributed by atoms with E-state index in [1.165, 1.54) is 21.3 Å². The molecule has 5 heterocycles. The van der Waals surface area contributed by atoms with Gasteiger partial charge in [0.2, 0.25) is 11.8 Å². The number of amides is 2. The van der Waals surface area contributed by atoms with E-state index in [2.05, 4.69) is 20.8 Å². The summed E-state index contributed by atoms with van der Waals surface area (Å²) in [6.07, 6.45) is 1.56. The van der Waals surface area contributed by atoms with E-state index < -0.39 is 11.9 Å². The SMILES string of the molecule is Cc1nnnn1CC(=O)C[C@H](C)[C@H]1C(=O)N2C(C(=O)O)=C(S[C@@H]3CN[C@H](C(=O)N4CC[C@@H](N)C4)C3)[C@H](C)[C@H]12. The van der Waals surface area contributed by atoms with Gasteiger partial charge in [0.25, 0.3) is 0 Å². The highest BCUT2D eigenvalue weighted by Crippen LogP contribution is 2.53. The van der Waals surface area contributed by atoms with Crippen LogP contribution in [0.4, 0.5) is 0 Å². The van der Waals surface area contributed by atoms with Crippen LogP contribution in [-0.4, -0.2) is 102 Å². The highest BCUT2D eigenvalue weighted by atomic mass is 32.2. The van der Waals surface area contributed by atoms with Gasteiger partial charge in [-0.3, -0.25) is 14.4 Å². The lowest BCUT2D eigenvalue weighted by molar-refractivity contribution is -0.160. The van der Waals surface area contributed by atoms with Gasteiger partial charge in [-0.15, -0.1) is 16.9 Å². The maximum absolute atomic E-state index is 13.2. The van der Waals surface area contributed by atoms with Crippen molar-refractivity contribution >= 4 is 35.3 Å². The van der Waals surface area contributed by atoms with Gasteiger partial charge >= 0.3 is 5.97 Å². The zero-order chi connectivity index (χ0) is 27.3. The molecular formula is C24H34N8O5S. The number of thioether (sulfide) groups is 1. The average molecular weight is 547 g/mol. The number of nitrogens with zero attached hydrogens (tertiary/aromatic N) is 6. The summed E-state index contributed by atoms with van der Waals surface area (Å²) >= 11 is 1.46. The third-order valence-electron chi connectivity index (χ3n) is 8.21. The summed E-state index contributed by atoms with van der Waals surface area (Å²) in [5.74, 6) is -1.76. The molecule has 0 spiro atoms. The third kappa shape index (κ3) is 4.73. The van der Waals surface area contributed by atoms with Crippen LogP contribution in [0.3, 0.4) is 0 Å². The molecule has 0 saturated carbocycles. The number of aromatic nitrogens is 4. The first-order valence-electron chi connectivity index (χ1n) is 13.1. The molecule has 3 fully saturated rings. The highest BCUT2D eigenvalue weighted by Gasteiger charge is 2.60. The number of aliphatic carboxylic acids is 1. The fourth-order valence-electron chi connectivity index (χ4n) is 6.25. The number of ketones is 1. The lowest BCUT2D eigenvalue weighted by atomic mass is 9.73. The maximum Gasteiger partial charge on any atom is 0.353 e. The van der Waals surface area contributed by atoms with Crippen molar-refractivity contribution in [3.05, 3.63) is 16.4 Å². The molecule has 0 unspecified atom stereocenters. The third-order valence-corrected chi connectivity index (χ3v) is 9.72. The molecule has 4 N–H and O–H groups in total. The van der Waals surface area contributed by atoms with Crippen LogP contribution in [0.2, 0.25) is 0 Å². The van der Waals surface area contributed by atoms with Gasteiger partial charge in [0, 0.05) is 48.2 Å². The number of carboxylic acids is 1. The molecule has 4 aliphatic rings. The average Bonchev–Trinajstić information content (AvgIpc) is 3.63. The normalized spacial score (nSPS) is 31.5. The van der Waals surface area contributed by atoms with Gasteiger partial charge in [-0.1, -0.05) is 13.8 Å². The molecule has 206 valence electrons. The number of β-lactam (4-membered cyclic amide) rings is 1. The Kier molecular flexibility index (Phi) is 7.31. The molecule has 0 radical (unpaired) electrons. The lowest BCUT2D eigenvalue weighted by Gasteiger charge is -2.47. The Bertz CT molecular complexity index is 1190. The number of carbonyl (C=O) groups excluding carboxylic acids is 3. The smallest absolute Gasteiger partial charge is 0.353 e. The molecule has 1 aromatic heterocycles. The van der Waals surface area contributed by atoms with Crippen LogP contribution in [0.15, 0.2) is 10.6 Å². The Labute approximate surface area is 224 Å². The van der Waals surface area contributed by atoms with Crippen LogP contribution >= 0.6 is 11.8 Å². The lowest BCUT2D eigenvalue weighted by Crippen LogP contribution is -2.62. The van der Waals surface area contributed by atoms with E-state index in [-0.39, 0.29) is 71.5 Å². The molecule has 4 aliphatic heterocycles. The minimum absolute atomic E-state index is 0.0119. The number of hydrogen-bond acceptors (Lipinski definition) is 10. The largest absolute Gasteiger partial charge is 0.477 e. The summed E-state index contributed by atoms with van der Waals surface area (Å²) in [5, 5.41) is 24.5. The number of nitrogens with two attached hydrogens (primary N) is 1. The van der Waals surface area contributed by atoms with Crippen molar-refractivity contribution in [3.8, 4) is 0 Å². The summed E-state index contributed by atoms with van der Waals surface area (Å²) < 4.78 is 1.42. The predicted octanol–water partition coefficient (Wildman–Crippen LogP) is -0.627. The topological polar surface area (TPSA) is 177 Å². The molecule has 2 amide bonds. The van der Waals surface area contributed by atoms with E-state index in [1.54, 1.807) is 11.8 Å². The molecule has 3 saturated heterocycles. The fourth-order valence-corrected chi connectivity index (χ4v) is 7.73. The number of aryl methyl sites for hydroxylation is 1. The number of hydrogen-bond donors (Lipinski definition) is 3. The highest BCUT2D eigenvalue weighted by molar-refractivity contribution is 8.03. The molecule has 14 heteroatoms. The van der Waals surface area contributed by atoms with Crippen LogP contribution in [-0.2, 0) is 25.7 Å². The fraction of sp³-hybridized carbons (Fsp3) is 0.708. The van der Waals surface area contributed by atoms with E-state index in [0.29, 0.717) is 36.8 Å². The molecule has 0 bridgehead atoms. The van der Waals surface area contributed by atoms with Crippen molar-refractivity contribution in [2.45, 2.75) is 70.0 Å². The van der Waals surface area contributed by atoms with Gasteiger partial charge in [0.1, 0.15) is 18.1 Å². The summed E-state index contributed by atoms with van der Waals surface area (Å²) in [6.45, 7) is 7.37. The van der Waals surface area contributed by atoms with Crippen molar-refractivity contribution in [2.24, 2.45) is 23.5 Å². The molecular weight excluding hydrogens is 512 g/mol. The number of likely N-dealkylation sites (tertiary alicyclic amines) is 1. The molecule has 0 aromatic carbocycles. The first kappa shape index (κ1) is 26.8. The number of carboxylic acid groups (broad SMARTS) is 1. The quantitative estimate of drug-likeness (QED) is 0.336.